The molecule has 0 spiro atoms. The van der Waals surface area contributed by atoms with Gasteiger partial charge >= 0.3 is 0 Å². The molecule has 0 unspecified atom stereocenters. The predicted molar refractivity (Wildman–Crippen MR) is 77.8 cm³/mol. The maximum absolute atomic E-state index is 5.78. The van der Waals surface area contributed by atoms with E-state index in [1.807, 2.05) is 36.4 Å². The average molecular weight is 255 g/mol. The normalized spacial score (nSPS) is 11.2. The van der Waals surface area contributed by atoms with Crippen LogP contribution in [-0.2, 0) is 0 Å². The van der Waals surface area contributed by atoms with Crippen molar-refractivity contribution in [1.29, 1.82) is 0 Å². The molecule has 1 heterocycles. The Bertz CT molecular complexity index is 687. The van der Waals surface area contributed by atoms with Gasteiger partial charge in [0.1, 0.15) is 23.5 Å². The zero-order valence-corrected chi connectivity index (χ0v) is 11.0. The Hall–Kier alpha value is -2.00. The molecule has 0 atom stereocenters. The monoisotopic (exact) mass is 255 g/mol. The lowest BCUT2D eigenvalue weighted by molar-refractivity contribution is 0.316. The van der Waals surface area contributed by atoms with E-state index in [0.717, 1.165) is 40.8 Å². The Balaban J connectivity index is 1.89. The molecule has 2 aromatic carbocycles. The molecule has 19 heavy (non-hydrogen) atoms. The van der Waals surface area contributed by atoms with Gasteiger partial charge in [-0.15, -0.1) is 0 Å². The van der Waals surface area contributed by atoms with Gasteiger partial charge in [-0.1, -0.05) is 25.1 Å². The number of nitrogens with one attached hydrogen (secondary N) is 1. The number of benzene rings is 2. The highest BCUT2D eigenvalue weighted by molar-refractivity contribution is 6.05. The van der Waals surface area contributed by atoms with Crippen molar-refractivity contribution in [3.8, 4) is 5.75 Å². The molecule has 0 amide bonds. The maximum Gasteiger partial charge on any atom is 0.135 e. The number of hydrogen-bond donors (Lipinski definition) is 1. The van der Waals surface area contributed by atoms with E-state index in [9.17, 15) is 0 Å². The molecule has 0 aliphatic heterocycles. The summed E-state index contributed by atoms with van der Waals surface area (Å²) in [5.74, 6) is 0.886. The van der Waals surface area contributed by atoms with Gasteiger partial charge in [0, 0.05) is 17.3 Å². The van der Waals surface area contributed by atoms with Crippen LogP contribution in [0.1, 0.15) is 6.92 Å². The predicted octanol–water partition coefficient (Wildman–Crippen LogP) is 3.57. The van der Waals surface area contributed by atoms with Crippen LogP contribution in [0.5, 0.6) is 5.75 Å². The first-order valence-corrected chi connectivity index (χ1v) is 6.63. The van der Waals surface area contributed by atoms with Gasteiger partial charge in [-0.2, -0.15) is 0 Å². The standard InChI is InChI=1S/C16H17NO2/c1-2-17-9-10-18-12-7-8-16-14(11-12)13-5-3-4-6-15(13)19-16/h3-8,11,17H,2,9-10H2,1H3. The van der Waals surface area contributed by atoms with Gasteiger partial charge in [0.25, 0.3) is 0 Å². The lowest BCUT2D eigenvalue weighted by Gasteiger charge is -2.06. The van der Waals surface area contributed by atoms with E-state index < -0.39 is 0 Å². The van der Waals surface area contributed by atoms with Crippen molar-refractivity contribution in [3.05, 3.63) is 42.5 Å². The zero-order valence-electron chi connectivity index (χ0n) is 11.0. The number of para-hydroxylation sites is 1. The highest BCUT2D eigenvalue weighted by Crippen LogP contribution is 2.31. The minimum Gasteiger partial charge on any atom is -0.492 e. The minimum atomic E-state index is 0.676. The molecule has 3 rings (SSSR count). The number of furan rings is 1. The molecule has 3 aromatic rings. The number of hydrogen-bond acceptors (Lipinski definition) is 3. The second-order valence-corrected chi connectivity index (χ2v) is 4.46. The van der Waals surface area contributed by atoms with E-state index in [4.69, 9.17) is 9.15 Å². The van der Waals surface area contributed by atoms with Gasteiger partial charge in [0.15, 0.2) is 0 Å². The fraction of sp³-hybridized carbons (Fsp3) is 0.250. The lowest BCUT2D eigenvalue weighted by Crippen LogP contribution is -2.20. The van der Waals surface area contributed by atoms with Crippen molar-refractivity contribution in [3.63, 3.8) is 0 Å². The molecular formula is C16H17NO2. The van der Waals surface area contributed by atoms with Gasteiger partial charge < -0.3 is 14.5 Å². The Morgan fingerprint density at radius 1 is 1.05 bits per heavy atom. The molecule has 3 nitrogen and oxygen atoms in total. The summed E-state index contributed by atoms with van der Waals surface area (Å²) >= 11 is 0. The summed E-state index contributed by atoms with van der Waals surface area (Å²) in [6.07, 6.45) is 0. The van der Waals surface area contributed by atoms with Gasteiger partial charge in [0.05, 0.1) is 0 Å². The third kappa shape index (κ3) is 2.42. The molecule has 1 N–H and O–H groups in total. The van der Waals surface area contributed by atoms with Crippen molar-refractivity contribution in [1.82, 2.24) is 5.32 Å². The van der Waals surface area contributed by atoms with Crippen LogP contribution < -0.4 is 10.1 Å². The van der Waals surface area contributed by atoms with E-state index >= 15 is 0 Å². The zero-order chi connectivity index (χ0) is 13.1. The lowest BCUT2D eigenvalue weighted by atomic mass is 10.1. The smallest absolute Gasteiger partial charge is 0.135 e. The van der Waals surface area contributed by atoms with E-state index in [-0.39, 0.29) is 0 Å². The van der Waals surface area contributed by atoms with Crippen LogP contribution in [0.4, 0.5) is 0 Å². The number of fused-ring (bicyclic) bond motifs is 3. The Morgan fingerprint density at radius 2 is 1.89 bits per heavy atom. The molecule has 98 valence electrons. The summed E-state index contributed by atoms with van der Waals surface area (Å²) in [7, 11) is 0. The molecule has 0 bridgehead atoms. The third-order valence-electron chi connectivity index (χ3n) is 3.15. The third-order valence-corrected chi connectivity index (χ3v) is 3.15. The number of ether oxygens (including phenoxy) is 1. The summed E-state index contributed by atoms with van der Waals surface area (Å²) in [5, 5.41) is 5.48. The van der Waals surface area contributed by atoms with Crippen LogP contribution in [0.3, 0.4) is 0 Å². The largest absolute Gasteiger partial charge is 0.492 e. The first-order chi connectivity index (χ1) is 9.38. The van der Waals surface area contributed by atoms with Crippen LogP contribution >= 0.6 is 0 Å². The second kappa shape index (κ2) is 5.33. The van der Waals surface area contributed by atoms with Gasteiger partial charge in [-0.25, -0.2) is 0 Å². The quantitative estimate of drug-likeness (QED) is 0.708. The van der Waals surface area contributed by atoms with Crippen molar-refractivity contribution in [2.45, 2.75) is 6.92 Å². The van der Waals surface area contributed by atoms with Crippen molar-refractivity contribution >= 4 is 21.9 Å². The maximum atomic E-state index is 5.78. The Labute approximate surface area is 112 Å². The average Bonchev–Trinajstić information content (AvgIpc) is 2.82. The van der Waals surface area contributed by atoms with E-state index in [0.29, 0.717) is 6.61 Å². The van der Waals surface area contributed by atoms with Gasteiger partial charge in [-0.05, 0) is 30.8 Å². The van der Waals surface area contributed by atoms with Crippen LogP contribution in [0.15, 0.2) is 46.9 Å². The van der Waals surface area contributed by atoms with Gasteiger partial charge in [0.2, 0.25) is 0 Å². The summed E-state index contributed by atoms with van der Waals surface area (Å²) in [6.45, 7) is 4.59. The molecule has 0 saturated heterocycles. The molecule has 3 heteroatoms. The van der Waals surface area contributed by atoms with Crippen LogP contribution in [-0.4, -0.2) is 19.7 Å². The molecular weight excluding hydrogens is 238 g/mol. The molecule has 0 aliphatic carbocycles. The molecule has 0 saturated carbocycles. The molecule has 1 aromatic heterocycles. The fourth-order valence-corrected chi connectivity index (χ4v) is 2.21. The van der Waals surface area contributed by atoms with Crippen molar-refractivity contribution in [2.75, 3.05) is 19.7 Å². The van der Waals surface area contributed by atoms with Crippen molar-refractivity contribution < 1.29 is 9.15 Å². The SMILES string of the molecule is CCNCCOc1ccc2oc3ccccc3c2c1. The second-order valence-electron chi connectivity index (χ2n) is 4.46. The van der Waals surface area contributed by atoms with Gasteiger partial charge in [-0.3, -0.25) is 0 Å². The highest BCUT2D eigenvalue weighted by Gasteiger charge is 2.07. The number of rotatable bonds is 5. The van der Waals surface area contributed by atoms with Crippen LogP contribution in [0.25, 0.3) is 21.9 Å². The Morgan fingerprint density at radius 3 is 2.79 bits per heavy atom. The summed E-state index contributed by atoms with van der Waals surface area (Å²) in [6, 6.07) is 14.0. The number of likely N-dealkylation sites (N-methyl/N-ethyl adjacent to an activating group) is 1. The summed E-state index contributed by atoms with van der Waals surface area (Å²) < 4.78 is 11.5. The van der Waals surface area contributed by atoms with Crippen molar-refractivity contribution in [2.24, 2.45) is 0 Å². The molecule has 0 radical (unpaired) electrons. The minimum absolute atomic E-state index is 0.676. The van der Waals surface area contributed by atoms with E-state index in [1.165, 1.54) is 0 Å². The Kier molecular flexibility index (Phi) is 3.38. The van der Waals surface area contributed by atoms with E-state index in [2.05, 4.69) is 18.3 Å². The highest BCUT2D eigenvalue weighted by atomic mass is 16.5. The molecule has 0 fully saturated rings. The summed E-state index contributed by atoms with van der Waals surface area (Å²) in [5.41, 5.74) is 1.82. The summed E-state index contributed by atoms with van der Waals surface area (Å²) in [4.78, 5) is 0. The topological polar surface area (TPSA) is 34.4 Å². The first-order valence-electron chi connectivity index (χ1n) is 6.63. The fourth-order valence-electron chi connectivity index (χ4n) is 2.21. The van der Waals surface area contributed by atoms with Crippen LogP contribution in [0, 0.1) is 0 Å². The molecule has 0 aliphatic rings. The van der Waals surface area contributed by atoms with E-state index in [1.54, 1.807) is 0 Å². The first kappa shape index (κ1) is 12.1. The van der Waals surface area contributed by atoms with Crippen LogP contribution in [0.2, 0.25) is 0 Å².